The van der Waals surface area contributed by atoms with Gasteiger partial charge in [0.15, 0.2) is 0 Å². The van der Waals surface area contributed by atoms with E-state index in [1.54, 1.807) is 0 Å². The third kappa shape index (κ3) is 2.22. The lowest BCUT2D eigenvalue weighted by Crippen LogP contribution is -2.43. The van der Waals surface area contributed by atoms with E-state index in [9.17, 15) is 0 Å². The zero-order chi connectivity index (χ0) is 8.97. The summed E-state index contributed by atoms with van der Waals surface area (Å²) in [5, 5.41) is 8.49. The van der Waals surface area contributed by atoms with Crippen molar-refractivity contribution in [2.24, 2.45) is 0 Å². The van der Waals surface area contributed by atoms with Gasteiger partial charge in [0.05, 0.1) is 6.07 Å². The van der Waals surface area contributed by atoms with Crippen molar-refractivity contribution in [1.29, 1.82) is 5.26 Å². The molecule has 1 fully saturated rings. The van der Waals surface area contributed by atoms with E-state index in [4.69, 9.17) is 5.26 Å². The van der Waals surface area contributed by atoms with Crippen LogP contribution in [0.3, 0.4) is 0 Å². The van der Waals surface area contributed by atoms with Gasteiger partial charge in [0.2, 0.25) is 0 Å². The van der Waals surface area contributed by atoms with Crippen molar-refractivity contribution in [3.05, 3.63) is 0 Å². The van der Waals surface area contributed by atoms with E-state index in [0.29, 0.717) is 18.5 Å². The summed E-state index contributed by atoms with van der Waals surface area (Å²) in [6.07, 6.45) is 4.63. The molecular weight excluding hydrogens is 148 g/mol. The highest BCUT2D eigenvalue weighted by molar-refractivity contribution is 4.82. The minimum absolute atomic E-state index is 0.675. The molecule has 1 aliphatic heterocycles. The van der Waals surface area contributed by atoms with Gasteiger partial charge in [-0.05, 0) is 26.7 Å². The summed E-state index contributed by atoms with van der Waals surface area (Å²) in [7, 11) is 0. The van der Waals surface area contributed by atoms with Gasteiger partial charge in [0, 0.05) is 25.0 Å². The third-order valence-electron chi connectivity index (χ3n) is 2.86. The van der Waals surface area contributed by atoms with Gasteiger partial charge in [-0.15, -0.1) is 0 Å². The first kappa shape index (κ1) is 9.54. The van der Waals surface area contributed by atoms with Crippen molar-refractivity contribution < 1.29 is 0 Å². The third-order valence-corrected chi connectivity index (χ3v) is 2.86. The van der Waals surface area contributed by atoms with Crippen LogP contribution < -0.4 is 0 Å². The van der Waals surface area contributed by atoms with Crippen molar-refractivity contribution in [2.75, 3.05) is 6.54 Å². The second kappa shape index (κ2) is 4.47. The largest absolute Gasteiger partial charge is 0.297 e. The summed E-state index contributed by atoms with van der Waals surface area (Å²) < 4.78 is 0. The highest BCUT2D eigenvalue weighted by Crippen LogP contribution is 2.22. The Bertz CT molecular complexity index is 161. The van der Waals surface area contributed by atoms with Crippen LogP contribution in [0.25, 0.3) is 0 Å². The van der Waals surface area contributed by atoms with E-state index >= 15 is 0 Å². The zero-order valence-corrected chi connectivity index (χ0v) is 8.08. The molecule has 68 valence electrons. The maximum absolute atomic E-state index is 8.49. The fourth-order valence-corrected chi connectivity index (χ4v) is 2.09. The molecule has 0 aromatic carbocycles. The SMILES string of the molecule is C[C@@H]1CCC[C@H](C)N1CCC#N. The van der Waals surface area contributed by atoms with Gasteiger partial charge < -0.3 is 0 Å². The first-order chi connectivity index (χ1) is 5.75. The topological polar surface area (TPSA) is 27.0 Å². The molecule has 0 bridgehead atoms. The van der Waals surface area contributed by atoms with Crippen molar-refractivity contribution >= 4 is 0 Å². The van der Waals surface area contributed by atoms with Gasteiger partial charge in [-0.1, -0.05) is 6.42 Å². The first-order valence-electron chi connectivity index (χ1n) is 4.88. The number of hydrogen-bond acceptors (Lipinski definition) is 2. The summed E-state index contributed by atoms with van der Waals surface area (Å²) in [5.41, 5.74) is 0. The summed E-state index contributed by atoms with van der Waals surface area (Å²) in [5.74, 6) is 0. The molecule has 0 radical (unpaired) electrons. The van der Waals surface area contributed by atoms with Crippen LogP contribution in [0.5, 0.6) is 0 Å². The van der Waals surface area contributed by atoms with Gasteiger partial charge in [-0.25, -0.2) is 0 Å². The minimum Gasteiger partial charge on any atom is -0.297 e. The number of hydrogen-bond donors (Lipinski definition) is 0. The van der Waals surface area contributed by atoms with E-state index in [1.807, 2.05) is 0 Å². The molecule has 0 amide bonds. The van der Waals surface area contributed by atoms with E-state index in [0.717, 1.165) is 6.54 Å². The Morgan fingerprint density at radius 1 is 1.33 bits per heavy atom. The quantitative estimate of drug-likeness (QED) is 0.628. The van der Waals surface area contributed by atoms with Crippen LogP contribution in [-0.4, -0.2) is 23.5 Å². The standard InChI is InChI=1S/C10H18N2/c1-9-5-3-6-10(2)12(9)8-4-7-11/h9-10H,3-6,8H2,1-2H3/t9-,10+. The van der Waals surface area contributed by atoms with Gasteiger partial charge in [0.25, 0.3) is 0 Å². The average Bonchev–Trinajstić information content (AvgIpc) is 2.04. The zero-order valence-electron chi connectivity index (χ0n) is 8.08. The molecule has 0 aromatic heterocycles. The monoisotopic (exact) mass is 166 g/mol. The molecule has 1 saturated heterocycles. The summed E-state index contributed by atoms with van der Waals surface area (Å²) >= 11 is 0. The molecule has 2 nitrogen and oxygen atoms in total. The molecule has 0 unspecified atom stereocenters. The number of rotatable bonds is 2. The van der Waals surface area contributed by atoms with E-state index in [2.05, 4.69) is 24.8 Å². The predicted molar refractivity (Wildman–Crippen MR) is 49.7 cm³/mol. The molecule has 0 saturated carbocycles. The number of piperidine rings is 1. The average molecular weight is 166 g/mol. The molecule has 0 aliphatic carbocycles. The smallest absolute Gasteiger partial charge is 0.0635 e. The van der Waals surface area contributed by atoms with Gasteiger partial charge >= 0.3 is 0 Å². The minimum atomic E-state index is 0.675. The van der Waals surface area contributed by atoms with Gasteiger partial charge in [-0.2, -0.15) is 5.26 Å². The fraction of sp³-hybridized carbons (Fsp3) is 0.900. The molecule has 1 rings (SSSR count). The lowest BCUT2D eigenvalue weighted by atomic mass is 9.97. The Kier molecular flexibility index (Phi) is 3.55. The molecule has 2 heteroatoms. The van der Waals surface area contributed by atoms with Crippen LogP contribution in [0, 0.1) is 11.3 Å². The van der Waals surface area contributed by atoms with E-state index in [1.165, 1.54) is 19.3 Å². The molecule has 2 atom stereocenters. The number of nitriles is 1. The van der Waals surface area contributed by atoms with E-state index in [-0.39, 0.29) is 0 Å². The Hall–Kier alpha value is -0.550. The summed E-state index contributed by atoms with van der Waals surface area (Å²) in [6, 6.07) is 3.58. The first-order valence-corrected chi connectivity index (χ1v) is 4.88. The van der Waals surface area contributed by atoms with Crippen LogP contribution in [0.1, 0.15) is 39.5 Å². The lowest BCUT2D eigenvalue weighted by molar-refractivity contribution is 0.106. The highest BCUT2D eigenvalue weighted by atomic mass is 15.2. The molecule has 0 aromatic rings. The second-order valence-corrected chi connectivity index (χ2v) is 3.77. The van der Waals surface area contributed by atoms with Crippen LogP contribution in [0.15, 0.2) is 0 Å². The number of likely N-dealkylation sites (tertiary alicyclic amines) is 1. The second-order valence-electron chi connectivity index (χ2n) is 3.77. The van der Waals surface area contributed by atoms with Crippen LogP contribution in [0.2, 0.25) is 0 Å². The Labute approximate surface area is 75.2 Å². The maximum Gasteiger partial charge on any atom is 0.0635 e. The predicted octanol–water partition coefficient (Wildman–Crippen LogP) is 2.16. The van der Waals surface area contributed by atoms with Gasteiger partial charge in [0.1, 0.15) is 0 Å². The molecular formula is C10H18N2. The Balaban J connectivity index is 2.41. The molecule has 0 spiro atoms. The Morgan fingerprint density at radius 3 is 2.42 bits per heavy atom. The number of nitrogens with zero attached hydrogens (tertiary/aromatic N) is 2. The van der Waals surface area contributed by atoms with Crippen molar-refractivity contribution in [3.8, 4) is 6.07 Å². The fourth-order valence-electron chi connectivity index (χ4n) is 2.09. The van der Waals surface area contributed by atoms with Crippen LogP contribution in [-0.2, 0) is 0 Å². The van der Waals surface area contributed by atoms with Crippen molar-refractivity contribution in [1.82, 2.24) is 4.90 Å². The Morgan fingerprint density at radius 2 is 1.92 bits per heavy atom. The maximum atomic E-state index is 8.49. The summed E-state index contributed by atoms with van der Waals surface area (Å²) in [6.45, 7) is 5.50. The van der Waals surface area contributed by atoms with Crippen LogP contribution in [0.4, 0.5) is 0 Å². The highest BCUT2D eigenvalue weighted by Gasteiger charge is 2.23. The molecule has 1 aliphatic rings. The molecule has 0 N–H and O–H groups in total. The molecule has 1 heterocycles. The molecule has 12 heavy (non-hydrogen) atoms. The van der Waals surface area contributed by atoms with Crippen LogP contribution >= 0.6 is 0 Å². The van der Waals surface area contributed by atoms with Crippen molar-refractivity contribution in [2.45, 2.75) is 51.6 Å². The van der Waals surface area contributed by atoms with E-state index < -0.39 is 0 Å². The lowest BCUT2D eigenvalue weighted by Gasteiger charge is -2.38. The summed E-state index contributed by atoms with van der Waals surface area (Å²) in [4.78, 5) is 2.46. The van der Waals surface area contributed by atoms with Gasteiger partial charge in [-0.3, -0.25) is 4.90 Å². The normalized spacial score (nSPS) is 31.4. The van der Waals surface area contributed by atoms with Crippen molar-refractivity contribution in [3.63, 3.8) is 0 Å².